The van der Waals surface area contributed by atoms with Gasteiger partial charge in [-0.25, -0.2) is 8.78 Å². The molecule has 1 aromatic rings. The molecule has 2 rings (SSSR count). The van der Waals surface area contributed by atoms with Gasteiger partial charge in [-0.15, -0.1) is 0 Å². The monoisotopic (exact) mass is 227 g/mol. The molecule has 2 unspecified atom stereocenters. The maximum absolute atomic E-state index is 13.3. The minimum absolute atomic E-state index is 0.0240. The minimum Gasteiger partial charge on any atom is -0.481 e. The summed E-state index contributed by atoms with van der Waals surface area (Å²) >= 11 is 0. The normalized spacial score (nSPS) is 23.6. The SMILES string of the molecule is O=C(O)C1CCC1Nc1cccc(F)c1F. The molecule has 1 fully saturated rings. The van der Waals surface area contributed by atoms with Gasteiger partial charge in [-0.2, -0.15) is 0 Å². The molecule has 0 spiro atoms. The van der Waals surface area contributed by atoms with Gasteiger partial charge in [0.1, 0.15) is 0 Å². The second-order valence-corrected chi connectivity index (χ2v) is 3.87. The molecule has 0 radical (unpaired) electrons. The zero-order valence-corrected chi connectivity index (χ0v) is 8.41. The molecule has 0 aromatic heterocycles. The van der Waals surface area contributed by atoms with Gasteiger partial charge in [0.15, 0.2) is 11.6 Å². The second-order valence-electron chi connectivity index (χ2n) is 3.87. The van der Waals surface area contributed by atoms with Gasteiger partial charge in [-0.05, 0) is 25.0 Å². The van der Waals surface area contributed by atoms with E-state index >= 15 is 0 Å². The van der Waals surface area contributed by atoms with Gasteiger partial charge < -0.3 is 10.4 Å². The highest BCUT2D eigenvalue weighted by Crippen LogP contribution is 2.31. The Hall–Kier alpha value is -1.65. The van der Waals surface area contributed by atoms with Crippen LogP contribution in [0, 0.1) is 17.6 Å². The highest BCUT2D eigenvalue weighted by molar-refractivity contribution is 5.73. The lowest BCUT2D eigenvalue weighted by atomic mass is 9.79. The van der Waals surface area contributed by atoms with Crippen LogP contribution in [0.3, 0.4) is 0 Å². The highest BCUT2D eigenvalue weighted by atomic mass is 19.2. The summed E-state index contributed by atoms with van der Waals surface area (Å²) in [5, 5.41) is 11.5. The molecular weight excluding hydrogens is 216 g/mol. The van der Waals surface area contributed by atoms with Crippen molar-refractivity contribution in [1.29, 1.82) is 0 Å². The van der Waals surface area contributed by atoms with Gasteiger partial charge in [-0.1, -0.05) is 6.07 Å². The second kappa shape index (κ2) is 4.08. The first-order chi connectivity index (χ1) is 7.59. The van der Waals surface area contributed by atoms with Crippen molar-refractivity contribution in [3.63, 3.8) is 0 Å². The summed E-state index contributed by atoms with van der Waals surface area (Å²) in [4.78, 5) is 10.7. The van der Waals surface area contributed by atoms with Gasteiger partial charge in [0.25, 0.3) is 0 Å². The van der Waals surface area contributed by atoms with Gasteiger partial charge >= 0.3 is 5.97 Å². The fourth-order valence-corrected chi connectivity index (χ4v) is 1.78. The molecule has 0 saturated heterocycles. The molecule has 16 heavy (non-hydrogen) atoms. The van der Waals surface area contributed by atoms with E-state index in [0.29, 0.717) is 12.8 Å². The maximum atomic E-state index is 13.3. The van der Waals surface area contributed by atoms with E-state index in [0.717, 1.165) is 6.07 Å². The Kier molecular flexibility index (Phi) is 2.77. The fraction of sp³-hybridized carbons (Fsp3) is 0.364. The smallest absolute Gasteiger partial charge is 0.308 e. The summed E-state index contributed by atoms with van der Waals surface area (Å²) in [5.41, 5.74) is 0.0240. The standard InChI is InChI=1S/C11H11F2NO2/c12-7-2-1-3-9(10(7)13)14-8-5-4-6(8)11(15)16/h1-3,6,8,14H,4-5H2,(H,15,16). The van der Waals surface area contributed by atoms with E-state index < -0.39 is 23.5 Å². The summed E-state index contributed by atoms with van der Waals surface area (Å²) in [7, 11) is 0. The topological polar surface area (TPSA) is 49.3 Å². The van der Waals surface area contributed by atoms with Crippen molar-refractivity contribution >= 4 is 11.7 Å². The summed E-state index contributed by atoms with van der Waals surface area (Å²) < 4.78 is 26.1. The largest absolute Gasteiger partial charge is 0.481 e. The number of carboxylic acid groups (broad SMARTS) is 1. The minimum atomic E-state index is -0.960. The third-order valence-corrected chi connectivity index (χ3v) is 2.88. The van der Waals surface area contributed by atoms with E-state index in [1.807, 2.05) is 0 Å². The summed E-state index contributed by atoms with van der Waals surface area (Å²) in [6.07, 6.45) is 1.23. The van der Waals surface area contributed by atoms with Crippen LogP contribution in [0.15, 0.2) is 18.2 Å². The zero-order chi connectivity index (χ0) is 11.7. The number of anilines is 1. The first kappa shape index (κ1) is 10.9. The first-order valence-electron chi connectivity index (χ1n) is 5.03. The quantitative estimate of drug-likeness (QED) is 0.832. The number of nitrogens with one attached hydrogen (secondary N) is 1. The van der Waals surface area contributed by atoms with E-state index in [4.69, 9.17) is 5.11 Å². The Morgan fingerprint density at radius 2 is 2.12 bits per heavy atom. The lowest BCUT2D eigenvalue weighted by Crippen LogP contribution is -2.43. The Morgan fingerprint density at radius 1 is 1.38 bits per heavy atom. The van der Waals surface area contributed by atoms with Crippen LogP contribution in [0.25, 0.3) is 0 Å². The van der Waals surface area contributed by atoms with Gasteiger partial charge in [0.2, 0.25) is 0 Å². The number of rotatable bonds is 3. The van der Waals surface area contributed by atoms with Gasteiger partial charge in [-0.3, -0.25) is 4.79 Å². The van der Waals surface area contributed by atoms with Crippen LogP contribution in [0.2, 0.25) is 0 Å². The fourth-order valence-electron chi connectivity index (χ4n) is 1.78. The predicted molar refractivity (Wildman–Crippen MR) is 54.1 cm³/mol. The lowest BCUT2D eigenvalue weighted by Gasteiger charge is -2.34. The number of carboxylic acids is 1. The average Bonchev–Trinajstić information content (AvgIpc) is 2.17. The summed E-state index contributed by atoms with van der Waals surface area (Å²) in [5.74, 6) is -3.31. The molecule has 1 aliphatic rings. The Labute approximate surface area is 91.1 Å². The van der Waals surface area contributed by atoms with E-state index in [-0.39, 0.29) is 11.7 Å². The van der Waals surface area contributed by atoms with Crippen molar-refractivity contribution in [2.24, 2.45) is 5.92 Å². The Balaban J connectivity index is 2.10. The molecule has 3 nitrogen and oxygen atoms in total. The number of carbonyl (C=O) groups is 1. The molecule has 0 heterocycles. The molecule has 86 valence electrons. The molecule has 0 amide bonds. The van der Waals surface area contributed by atoms with Gasteiger partial charge in [0.05, 0.1) is 11.6 Å². The molecule has 5 heteroatoms. The van der Waals surface area contributed by atoms with E-state index in [1.54, 1.807) is 0 Å². The first-order valence-corrected chi connectivity index (χ1v) is 5.03. The Bertz CT molecular complexity index is 422. The molecule has 2 N–H and O–H groups in total. The predicted octanol–water partition coefficient (Wildman–Crippen LogP) is 2.24. The van der Waals surface area contributed by atoms with Crippen LogP contribution in [-0.4, -0.2) is 17.1 Å². The van der Waals surface area contributed by atoms with Crippen molar-refractivity contribution in [3.8, 4) is 0 Å². The maximum Gasteiger partial charge on any atom is 0.308 e. The van der Waals surface area contributed by atoms with Crippen molar-refractivity contribution < 1.29 is 18.7 Å². The third-order valence-electron chi connectivity index (χ3n) is 2.88. The van der Waals surface area contributed by atoms with Crippen molar-refractivity contribution in [3.05, 3.63) is 29.8 Å². The molecule has 2 atom stereocenters. The van der Waals surface area contributed by atoms with Crippen LogP contribution in [-0.2, 0) is 4.79 Å². The van der Waals surface area contributed by atoms with Crippen LogP contribution < -0.4 is 5.32 Å². The molecule has 1 aromatic carbocycles. The van der Waals surface area contributed by atoms with Crippen molar-refractivity contribution in [2.75, 3.05) is 5.32 Å². The molecule has 1 saturated carbocycles. The average molecular weight is 227 g/mol. The number of hydrogen-bond donors (Lipinski definition) is 2. The zero-order valence-electron chi connectivity index (χ0n) is 8.41. The molecular formula is C11H11F2NO2. The number of aliphatic carboxylic acids is 1. The highest BCUT2D eigenvalue weighted by Gasteiger charge is 2.36. The number of benzene rings is 1. The lowest BCUT2D eigenvalue weighted by molar-refractivity contribution is -0.144. The van der Waals surface area contributed by atoms with Crippen molar-refractivity contribution in [1.82, 2.24) is 0 Å². The molecule has 0 bridgehead atoms. The van der Waals surface area contributed by atoms with E-state index in [9.17, 15) is 13.6 Å². The summed E-state index contributed by atoms with van der Waals surface area (Å²) in [6, 6.07) is 3.50. The van der Waals surface area contributed by atoms with Gasteiger partial charge in [0, 0.05) is 6.04 Å². The number of halogens is 2. The van der Waals surface area contributed by atoms with E-state index in [2.05, 4.69) is 5.32 Å². The van der Waals surface area contributed by atoms with Crippen LogP contribution in [0.1, 0.15) is 12.8 Å². The van der Waals surface area contributed by atoms with Crippen LogP contribution >= 0.6 is 0 Å². The Morgan fingerprint density at radius 3 is 2.69 bits per heavy atom. The number of hydrogen-bond acceptors (Lipinski definition) is 2. The molecule has 0 aliphatic heterocycles. The van der Waals surface area contributed by atoms with Crippen LogP contribution in [0.5, 0.6) is 0 Å². The van der Waals surface area contributed by atoms with E-state index in [1.165, 1.54) is 12.1 Å². The molecule has 1 aliphatic carbocycles. The van der Waals surface area contributed by atoms with Crippen LogP contribution in [0.4, 0.5) is 14.5 Å². The third kappa shape index (κ3) is 1.85. The summed E-state index contributed by atoms with van der Waals surface area (Å²) in [6.45, 7) is 0. The van der Waals surface area contributed by atoms with Crippen molar-refractivity contribution in [2.45, 2.75) is 18.9 Å².